The molecule has 1 fully saturated rings. The average molecular weight is 276 g/mol. The van der Waals surface area contributed by atoms with Crippen molar-refractivity contribution in [3.63, 3.8) is 0 Å². The molecule has 3 rings (SSSR count). The smallest absolute Gasteiger partial charge is 0.127 e. The third kappa shape index (κ3) is 2.73. The lowest BCUT2D eigenvalue weighted by Crippen LogP contribution is -2.46. The van der Waals surface area contributed by atoms with Gasteiger partial charge in [0.15, 0.2) is 0 Å². The molecule has 3 heterocycles. The maximum Gasteiger partial charge on any atom is 0.127 e. The van der Waals surface area contributed by atoms with Crippen LogP contribution in [-0.2, 0) is 13.6 Å². The molecule has 1 N–H and O–H groups in total. The van der Waals surface area contributed by atoms with E-state index in [2.05, 4.69) is 45.9 Å². The molecule has 1 aliphatic heterocycles. The first-order valence-corrected chi connectivity index (χ1v) is 7.53. The fourth-order valence-corrected chi connectivity index (χ4v) is 3.57. The summed E-state index contributed by atoms with van der Waals surface area (Å²) in [4.78, 5) is 9.88. The summed E-state index contributed by atoms with van der Waals surface area (Å²) in [5, 5.41) is 3.48. The fraction of sp³-hybridized carbons (Fsp3) is 0.500. The average Bonchev–Trinajstić information content (AvgIpc) is 2.99. The second kappa shape index (κ2) is 5.45. The highest BCUT2D eigenvalue weighted by atomic mass is 32.1. The Kier molecular flexibility index (Phi) is 3.68. The first-order chi connectivity index (χ1) is 9.24. The number of imidazole rings is 1. The zero-order chi connectivity index (χ0) is 13.2. The standard InChI is InChI=1S/C14H20N4S/c1-11-3-4-12(19-11)10-18-8-5-15-9-13(18)14-16-6-7-17(14)2/h3-4,6-7,13,15H,5,8-10H2,1-2H3. The molecule has 102 valence electrons. The van der Waals surface area contributed by atoms with E-state index in [0.29, 0.717) is 6.04 Å². The normalized spacial score (nSPS) is 20.8. The fourth-order valence-electron chi connectivity index (χ4n) is 2.66. The highest BCUT2D eigenvalue weighted by Crippen LogP contribution is 2.25. The van der Waals surface area contributed by atoms with E-state index in [4.69, 9.17) is 0 Å². The molecule has 0 amide bonds. The van der Waals surface area contributed by atoms with Gasteiger partial charge in [-0.15, -0.1) is 11.3 Å². The summed E-state index contributed by atoms with van der Waals surface area (Å²) >= 11 is 1.90. The number of aromatic nitrogens is 2. The molecular formula is C14H20N4S. The van der Waals surface area contributed by atoms with Crippen molar-refractivity contribution in [1.29, 1.82) is 0 Å². The van der Waals surface area contributed by atoms with Gasteiger partial charge in [0.25, 0.3) is 0 Å². The Morgan fingerprint density at radius 2 is 2.37 bits per heavy atom. The number of nitrogens with zero attached hydrogens (tertiary/aromatic N) is 3. The Bertz CT molecular complexity index is 545. The number of hydrogen-bond acceptors (Lipinski definition) is 4. The highest BCUT2D eigenvalue weighted by molar-refractivity contribution is 7.11. The molecule has 0 aromatic carbocycles. The summed E-state index contributed by atoms with van der Waals surface area (Å²) in [5.41, 5.74) is 0. The van der Waals surface area contributed by atoms with Crippen LogP contribution in [0.5, 0.6) is 0 Å². The number of rotatable bonds is 3. The van der Waals surface area contributed by atoms with E-state index in [1.54, 1.807) is 0 Å². The molecule has 4 nitrogen and oxygen atoms in total. The summed E-state index contributed by atoms with van der Waals surface area (Å²) in [5.74, 6) is 1.15. The maximum atomic E-state index is 4.52. The SMILES string of the molecule is Cc1ccc(CN2CCNCC2c2nccn2C)s1. The van der Waals surface area contributed by atoms with Crippen molar-refractivity contribution in [2.45, 2.75) is 19.5 Å². The third-order valence-electron chi connectivity index (χ3n) is 3.67. The van der Waals surface area contributed by atoms with E-state index >= 15 is 0 Å². The summed E-state index contributed by atoms with van der Waals surface area (Å²) in [6.45, 7) is 6.31. The van der Waals surface area contributed by atoms with Crippen molar-refractivity contribution in [2.24, 2.45) is 7.05 Å². The molecule has 1 unspecified atom stereocenters. The lowest BCUT2D eigenvalue weighted by molar-refractivity contribution is 0.146. The first-order valence-electron chi connectivity index (χ1n) is 6.71. The number of piperazine rings is 1. The predicted molar refractivity (Wildman–Crippen MR) is 78.3 cm³/mol. The molecule has 1 saturated heterocycles. The van der Waals surface area contributed by atoms with Crippen molar-refractivity contribution in [2.75, 3.05) is 19.6 Å². The molecule has 2 aromatic heterocycles. The zero-order valence-electron chi connectivity index (χ0n) is 11.5. The first kappa shape index (κ1) is 12.8. The molecular weight excluding hydrogens is 256 g/mol. The van der Waals surface area contributed by atoms with Gasteiger partial charge in [-0.1, -0.05) is 0 Å². The van der Waals surface area contributed by atoms with Gasteiger partial charge in [-0.05, 0) is 19.1 Å². The number of thiophene rings is 1. The highest BCUT2D eigenvalue weighted by Gasteiger charge is 2.26. The predicted octanol–water partition coefficient (Wildman–Crippen LogP) is 1.94. The summed E-state index contributed by atoms with van der Waals surface area (Å²) < 4.78 is 2.13. The van der Waals surface area contributed by atoms with Crippen molar-refractivity contribution in [3.05, 3.63) is 40.1 Å². The minimum Gasteiger partial charge on any atom is -0.337 e. The van der Waals surface area contributed by atoms with Crippen LogP contribution in [0.15, 0.2) is 24.5 Å². The molecule has 0 radical (unpaired) electrons. The molecule has 1 aliphatic rings. The molecule has 2 aromatic rings. The van der Waals surface area contributed by atoms with E-state index in [1.165, 1.54) is 9.75 Å². The quantitative estimate of drug-likeness (QED) is 0.930. The van der Waals surface area contributed by atoms with E-state index in [9.17, 15) is 0 Å². The minimum atomic E-state index is 0.371. The van der Waals surface area contributed by atoms with Gasteiger partial charge in [-0.2, -0.15) is 0 Å². The van der Waals surface area contributed by atoms with Gasteiger partial charge < -0.3 is 9.88 Å². The number of aryl methyl sites for hydroxylation is 2. The summed E-state index contributed by atoms with van der Waals surface area (Å²) in [7, 11) is 2.07. The second-order valence-corrected chi connectivity index (χ2v) is 6.47. The lowest BCUT2D eigenvalue weighted by Gasteiger charge is -2.35. The molecule has 19 heavy (non-hydrogen) atoms. The van der Waals surface area contributed by atoms with Crippen LogP contribution in [0.3, 0.4) is 0 Å². The topological polar surface area (TPSA) is 33.1 Å². The van der Waals surface area contributed by atoms with Gasteiger partial charge in [-0.3, -0.25) is 4.90 Å². The van der Waals surface area contributed by atoms with Crippen LogP contribution in [0, 0.1) is 6.92 Å². The summed E-state index contributed by atoms with van der Waals surface area (Å²) in [6.07, 6.45) is 3.91. The van der Waals surface area contributed by atoms with Gasteiger partial charge in [0, 0.05) is 55.4 Å². The van der Waals surface area contributed by atoms with E-state index in [-0.39, 0.29) is 0 Å². The van der Waals surface area contributed by atoms with Gasteiger partial charge in [-0.25, -0.2) is 4.98 Å². The largest absolute Gasteiger partial charge is 0.337 e. The second-order valence-electron chi connectivity index (χ2n) is 5.10. The monoisotopic (exact) mass is 276 g/mol. The van der Waals surface area contributed by atoms with Crippen LogP contribution in [0.2, 0.25) is 0 Å². The third-order valence-corrected chi connectivity index (χ3v) is 4.65. The van der Waals surface area contributed by atoms with Crippen LogP contribution in [0.4, 0.5) is 0 Å². The Hall–Kier alpha value is -1.17. The zero-order valence-corrected chi connectivity index (χ0v) is 12.3. The molecule has 1 atom stereocenters. The van der Waals surface area contributed by atoms with Crippen LogP contribution >= 0.6 is 11.3 Å². The van der Waals surface area contributed by atoms with Gasteiger partial charge in [0.2, 0.25) is 0 Å². The molecule has 0 aliphatic carbocycles. The molecule has 5 heteroatoms. The lowest BCUT2D eigenvalue weighted by atomic mass is 10.1. The Labute approximate surface area is 118 Å². The van der Waals surface area contributed by atoms with Crippen LogP contribution in [0.25, 0.3) is 0 Å². The van der Waals surface area contributed by atoms with Crippen molar-refractivity contribution < 1.29 is 0 Å². The van der Waals surface area contributed by atoms with E-state index < -0.39 is 0 Å². The van der Waals surface area contributed by atoms with Gasteiger partial charge in [0.1, 0.15) is 5.82 Å². The number of hydrogen-bond donors (Lipinski definition) is 1. The van der Waals surface area contributed by atoms with Crippen molar-refractivity contribution in [1.82, 2.24) is 19.8 Å². The van der Waals surface area contributed by atoms with Crippen LogP contribution in [-0.4, -0.2) is 34.1 Å². The molecule has 0 saturated carbocycles. The van der Waals surface area contributed by atoms with Gasteiger partial charge in [0.05, 0.1) is 6.04 Å². The minimum absolute atomic E-state index is 0.371. The maximum absolute atomic E-state index is 4.52. The molecule has 0 spiro atoms. The van der Waals surface area contributed by atoms with Crippen LogP contribution < -0.4 is 5.32 Å². The molecule has 0 bridgehead atoms. The van der Waals surface area contributed by atoms with Crippen molar-refractivity contribution >= 4 is 11.3 Å². The Morgan fingerprint density at radius 3 is 3.05 bits per heavy atom. The summed E-state index contributed by atoms with van der Waals surface area (Å²) in [6, 6.07) is 4.83. The number of nitrogens with one attached hydrogen (secondary N) is 1. The Morgan fingerprint density at radius 1 is 1.47 bits per heavy atom. The Balaban J connectivity index is 1.79. The van der Waals surface area contributed by atoms with Gasteiger partial charge >= 0.3 is 0 Å². The van der Waals surface area contributed by atoms with Crippen LogP contribution in [0.1, 0.15) is 21.6 Å². The van der Waals surface area contributed by atoms with E-state index in [1.807, 2.05) is 23.7 Å². The van der Waals surface area contributed by atoms with E-state index in [0.717, 1.165) is 32.0 Å². The van der Waals surface area contributed by atoms with Crippen molar-refractivity contribution in [3.8, 4) is 0 Å².